The molecule has 1 fully saturated rings. The van der Waals surface area contributed by atoms with Gasteiger partial charge >= 0.3 is 6.09 Å². The first-order valence-corrected chi connectivity index (χ1v) is 11.8. The number of fused-ring (bicyclic) bond motifs is 3. The van der Waals surface area contributed by atoms with Crippen molar-refractivity contribution >= 4 is 12.2 Å². The molecule has 1 aliphatic carbocycles. The molecule has 168 valence electrons. The molecule has 0 saturated carbocycles. The summed E-state index contributed by atoms with van der Waals surface area (Å²) in [6.07, 6.45) is 6.25. The number of hydrogen-bond donors (Lipinski definition) is 1. The summed E-state index contributed by atoms with van der Waals surface area (Å²) >= 11 is 0. The Morgan fingerprint density at radius 1 is 0.939 bits per heavy atom. The molecule has 0 spiro atoms. The van der Waals surface area contributed by atoms with Crippen molar-refractivity contribution in [3.8, 4) is 11.1 Å². The molecule has 1 amide bonds. The Hall–Kier alpha value is -3.37. The van der Waals surface area contributed by atoms with Crippen molar-refractivity contribution in [1.82, 2.24) is 10.2 Å². The van der Waals surface area contributed by atoms with Crippen LogP contribution in [-0.4, -0.2) is 37.2 Å². The predicted octanol–water partition coefficient (Wildman–Crippen LogP) is 5.83. The second kappa shape index (κ2) is 10.1. The van der Waals surface area contributed by atoms with Gasteiger partial charge in [-0.2, -0.15) is 0 Å². The van der Waals surface area contributed by atoms with Crippen molar-refractivity contribution in [3.63, 3.8) is 0 Å². The molecule has 33 heavy (non-hydrogen) atoms. The highest BCUT2D eigenvalue weighted by Gasteiger charge is 2.28. The van der Waals surface area contributed by atoms with Gasteiger partial charge in [-0.1, -0.05) is 84.9 Å². The normalized spacial score (nSPS) is 15.5. The molecule has 1 heterocycles. The van der Waals surface area contributed by atoms with Gasteiger partial charge < -0.3 is 10.1 Å². The molecule has 0 unspecified atom stereocenters. The number of ether oxygens (including phenoxy) is 1. The van der Waals surface area contributed by atoms with Crippen molar-refractivity contribution in [3.05, 3.63) is 101 Å². The largest absolute Gasteiger partial charge is 0.449 e. The zero-order valence-electron chi connectivity index (χ0n) is 18.9. The van der Waals surface area contributed by atoms with Gasteiger partial charge in [-0.25, -0.2) is 4.79 Å². The maximum Gasteiger partial charge on any atom is 0.407 e. The summed E-state index contributed by atoms with van der Waals surface area (Å²) in [5.74, 6) is 0.0806. The van der Waals surface area contributed by atoms with E-state index in [4.69, 9.17) is 4.74 Å². The number of rotatable bonds is 7. The molecule has 1 aliphatic heterocycles. The summed E-state index contributed by atoms with van der Waals surface area (Å²) in [5.41, 5.74) is 7.40. The van der Waals surface area contributed by atoms with Gasteiger partial charge in [-0.05, 0) is 59.3 Å². The summed E-state index contributed by atoms with van der Waals surface area (Å²) in [6.45, 7) is 4.18. The zero-order valence-corrected chi connectivity index (χ0v) is 18.9. The maximum atomic E-state index is 12.3. The highest BCUT2D eigenvalue weighted by atomic mass is 16.5. The fourth-order valence-electron chi connectivity index (χ4n) is 4.98. The molecule has 2 aliphatic rings. The van der Waals surface area contributed by atoms with E-state index >= 15 is 0 Å². The molecule has 1 N–H and O–H groups in total. The Morgan fingerprint density at radius 2 is 1.64 bits per heavy atom. The van der Waals surface area contributed by atoms with E-state index in [1.165, 1.54) is 53.7 Å². The lowest BCUT2D eigenvalue weighted by Gasteiger charge is -2.14. The zero-order chi connectivity index (χ0) is 22.5. The maximum absolute atomic E-state index is 12.3. The van der Waals surface area contributed by atoms with Gasteiger partial charge in [0.2, 0.25) is 0 Å². The van der Waals surface area contributed by atoms with Crippen LogP contribution in [0, 0.1) is 0 Å². The van der Waals surface area contributed by atoms with Crippen molar-refractivity contribution in [2.24, 2.45) is 0 Å². The van der Waals surface area contributed by atoms with E-state index in [0.717, 1.165) is 12.1 Å². The van der Waals surface area contributed by atoms with Crippen LogP contribution in [0.25, 0.3) is 17.2 Å². The third kappa shape index (κ3) is 5.01. The quantitative estimate of drug-likeness (QED) is 0.504. The first kappa shape index (κ1) is 21.5. The number of carbonyl (C=O) groups excluding carboxylic acids is 1. The minimum atomic E-state index is -0.385. The van der Waals surface area contributed by atoms with Gasteiger partial charge in [0.1, 0.15) is 6.61 Å². The van der Waals surface area contributed by atoms with Crippen LogP contribution in [0.4, 0.5) is 4.79 Å². The lowest BCUT2D eigenvalue weighted by molar-refractivity contribution is 0.144. The standard InChI is InChI=1S/C29H30N2O2/c32-29(30-16-8-11-22-9-7-10-23(19-22)20-31-17-5-6-18-31)33-21-28-26-14-3-1-12-24(26)25-13-2-4-15-27(25)28/h1-4,7-15,19,28H,5-6,16-18,20-21H2,(H,30,32). The third-order valence-corrected chi connectivity index (χ3v) is 6.57. The second-order valence-electron chi connectivity index (χ2n) is 8.84. The lowest BCUT2D eigenvalue weighted by Crippen LogP contribution is -2.26. The minimum absolute atomic E-state index is 0.0806. The van der Waals surface area contributed by atoms with E-state index in [0.29, 0.717) is 13.2 Å². The van der Waals surface area contributed by atoms with Gasteiger partial charge in [0, 0.05) is 19.0 Å². The minimum Gasteiger partial charge on any atom is -0.449 e. The molecule has 3 aromatic carbocycles. The van der Waals surface area contributed by atoms with Crippen LogP contribution in [0.3, 0.4) is 0 Å². The topological polar surface area (TPSA) is 41.6 Å². The number of likely N-dealkylation sites (tertiary alicyclic amines) is 1. The van der Waals surface area contributed by atoms with Crippen molar-refractivity contribution in [2.45, 2.75) is 25.3 Å². The second-order valence-corrected chi connectivity index (χ2v) is 8.84. The Kier molecular flexibility index (Phi) is 6.54. The Bertz CT molecular complexity index is 1100. The van der Waals surface area contributed by atoms with E-state index < -0.39 is 0 Å². The fraction of sp³-hybridized carbons (Fsp3) is 0.276. The van der Waals surface area contributed by atoms with Crippen LogP contribution in [0.15, 0.2) is 78.9 Å². The van der Waals surface area contributed by atoms with Gasteiger partial charge in [0.05, 0.1) is 0 Å². The van der Waals surface area contributed by atoms with Gasteiger partial charge in [-0.15, -0.1) is 0 Å². The van der Waals surface area contributed by atoms with Gasteiger partial charge in [0.25, 0.3) is 0 Å². The van der Waals surface area contributed by atoms with Crippen LogP contribution in [0.2, 0.25) is 0 Å². The summed E-state index contributed by atoms with van der Waals surface area (Å²) in [6, 6.07) is 25.3. The summed E-state index contributed by atoms with van der Waals surface area (Å²) in [7, 11) is 0. The molecule has 0 atom stereocenters. The number of nitrogens with one attached hydrogen (secondary N) is 1. The van der Waals surface area contributed by atoms with Crippen LogP contribution < -0.4 is 5.32 Å². The Labute approximate surface area is 195 Å². The van der Waals surface area contributed by atoms with Crippen molar-refractivity contribution < 1.29 is 9.53 Å². The average molecular weight is 439 g/mol. The molecule has 0 bridgehead atoms. The van der Waals surface area contributed by atoms with E-state index in [1.807, 2.05) is 18.2 Å². The first-order valence-electron chi connectivity index (χ1n) is 11.8. The number of benzene rings is 3. The first-order chi connectivity index (χ1) is 16.3. The van der Waals surface area contributed by atoms with E-state index in [1.54, 1.807) is 0 Å². The van der Waals surface area contributed by atoms with E-state index in [9.17, 15) is 4.79 Å². The van der Waals surface area contributed by atoms with Crippen LogP contribution in [-0.2, 0) is 11.3 Å². The number of carbonyl (C=O) groups is 1. The smallest absolute Gasteiger partial charge is 0.407 e. The predicted molar refractivity (Wildman–Crippen MR) is 133 cm³/mol. The van der Waals surface area contributed by atoms with Gasteiger partial charge in [0.15, 0.2) is 0 Å². The molecular weight excluding hydrogens is 408 g/mol. The summed E-state index contributed by atoms with van der Waals surface area (Å²) < 4.78 is 5.60. The summed E-state index contributed by atoms with van der Waals surface area (Å²) in [5, 5.41) is 2.84. The van der Waals surface area contributed by atoms with Crippen LogP contribution in [0.1, 0.15) is 41.0 Å². The van der Waals surface area contributed by atoms with Crippen molar-refractivity contribution in [1.29, 1.82) is 0 Å². The molecule has 5 rings (SSSR count). The van der Waals surface area contributed by atoms with Gasteiger partial charge in [-0.3, -0.25) is 4.90 Å². The molecule has 4 heteroatoms. The van der Waals surface area contributed by atoms with Crippen LogP contribution in [0.5, 0.6) is 0 Å². The molecule has 4 nitrogen and oxygen atoms in total. The van der Waals surface area contributed by atoms with E-state index in [-0.39, 0.29) is 12.0 Å². The monoisotopic (exact) mass is 438 g/mol. The van der Waals surface area contributed by atoms with Crippen molar-refractivity contribution in [2.75, 3.05) is 26.2 Å². The molecular formula is C29H30N2O2. The third-order valence-electron chi connectivity index (χ3n) is 6.57. The number of hydrogen-bond acceptors (Lipinski definition) is 3. The number of alkyl carbamates (subject to hydrolysis) is 1. The number of nitrogens with zero attached hydrogens (tertiary/aromatic N) is 1. The van der Waals surface area contributed by atoms with E-state index in [2.05, 4.69) is 77.0 Å². The molecule has 1 saturated heterocycles. The fourth-order valence-corrected chi connectivity index (χ4v) is 4.98. The Balaban J connectivity index is 1.12. The molecule has 3 aromatic rings. The SMILES string of the molecule is O=C(NCC=Cc1cccc(CN2CCCC2)c1)OCC1c2ccccc2-c2ccccc21. The Morgan fingerprint density at radius 3 is 2.36 bits per heavy atom. The average Bonchev–Trinajstić information content (AvgIpc) is 3.47. The summed E-state index contributed by atoms with van der Waals surface area (Å²) in [4.78, 5) is 14.8. The highest BCUT2D eigenvalue weighted by molar-refractivity contribution is 5.79. The highest BCUT2D eigenvalue weighted by Crippen LogP contribution is 2.44. The molecule has 0 radical (unpaired) electrons. The van der Waals surface area contributed by atoms with Crippen LogP contribution >= 0.6 is 0 Å². The number of amides is 1. The molecule has 0 aromatic heterocycles. The lowest BCUT2D eigenvalue weighted by atomic mass is 9.98.